The first-order valence-corrected chi connectivity index (χ1v) is 7.06. The summed E-state index contributed by atoms with van der Waals surface area (Å²) < 4.78 is 0. The summed E-state index contributed by atoms with van der Waals surface area (Å²) in [5.41, 5.74) is 2.34. The van der Waals surface area contributed by atoms with E-state index >= 15 is 0 Å². The Morgan fingerprint density at radius 2 is 2.11 bits per heavy atom. The monoisotopic (exact) mass is 259 g/mol. The summed E-state index contributed by atoms with van der Waals surface area (Å²) in [6.07, 6.45) is 0.540. The zero-order valence-electron chi connectivity index (χ0n) is 12.3. The second kappa shape index (κ2) is 8.74. The molecule has 0 saturated carbocycles. The second-order valence-corrected chi connectivity index (χ2v) is 5.20. The zero-order chi connectivity index (χ0) is 14.1. The predicted octanol–water partition coefficient (Wildman–Crippen LogP) is 2.90. The van der Waals surface area contributed by atoms with E-state index < -0.39 is 0 Å². The Morgan fingerprint density at radius 3 is 2.74 bits per heavy atom. The molecule has 0 heterocycles. The fraction of sp³-hybridized carbons (Fsp3) is 0.529. The standard InChI is InChI=1S/C17H25NO/c1-4-18(13-15(2)3)14-17-10-7-9-16(12-17)8-5-6-11-19/h7,9-10,12,15,19H,4,6,11,13-14H2,1-3H3. The number of hydrogen-bond acceptors (Lipinski definition) is 2. The minimum Gasteiger partial charge on any atom is -0.395 e. The van der Waals surface area contributed by atoms with Crippen molar-refractivity contribution in [1.29, 1.82) is 0 Å². The molecular weight excluding hydrogens is 234 g/mol. The summed E-state index contributed by atoms with van der Waals surface area (Å²) >= 11 is 0. The topological polar surface area (TPSA) is 23.5 Å². The Labute approximate surface area is 117 Å². The lowest BCUT2D eigenvalue weighted by molar-refractivity contribution is 0.248. The Hall–Kier alpha value is -1.30. The molecule has 0 radical (unpaired) electrons. The van der Waals surface area contributed by atoms with Gasteiger partial charge in [0.05, 0.1) is 6.61 Å². The maximum Gasteiger partial charge on any atom is 0.0540 e. The van der Waals surface area contributed by atoms with Crippen LogP contribution < -0.4 is 0 Å². The van der Waals surface area contributed by atoms with Gasteiger partial charge in [-0.2, -0.15) is 0 Å². The van der Waals surface area contributed by atoms with E-state index in [2.05, 4.69) is 55.7 Å². The normalized spacial score (nSPS) is 10.6. The number of aliphatic hydroxyl groups is 1. The van der Waals surface area contributed by atoms with E-state index in [-0.39, 0.29) is 6.61 Å². The second-order valence-electron chi connectivity index (χ2n) is 5.20. The lowest BCUT2D eigenvalue weighted by Crippen LogP contribution is -2.27. The summed E-state index contributed by atoms with van der Waals surface area (Å²) in [4.78, 5) is 2.45. The first kappa shape index (κ1) is 15.8. The molecule has 0 amide bonds. The smallest absolute Gasteiger partial charge is 0.0540 e. The highest BCUT2D eigenvalue weighted by molar-refractivity contribution is 5.37. The van der Waals surface area contributed by atoms with Gasteiger partial charge in [0.25, 0.3) is 0 Å². The summed E-state index contributed by atoms with van der Waals surface area (Å²) in [5.74, 6) is 6.74. The Balaban J connectivity index is 2.68. The number of rotatable bonds is 6. The molecule has 0 spiro atoms. The maximum absolute atomic E-state index is 8.72. The number of hydrogen-bond donors (Lipinski definition) is 1. The van der Waals surface area contributed by atoms with Gasteiger partial charge in [-0.15, -0.1) is 0 Å². The molecule has 1 aromatic rings. The van der Waals surface area contributed by atoms with Crippen molar-refractivity contribution in [3.63, 3.8) is 0 Å². The van der Waals surface area contributed by atoms with Crippen LogP contribution in [0.4, 0.5) is 0 Å². The van der Waals surface area contributed by atoms with Crippen LogP contribution in [-0.2, 0) is 6.54 Å². The third kappa shape index (κ3) is 6.42. The highest BCUT2D eigenvalue weighted by atomic mass is 16.2. The predicted molar refractivity (Wildman–Crippen MR) is 80.8 cm³/mol. The SMILES string of the molecule is CCN(Cc1cccc(C#CCCO)c1)CC(C)C. The third-order valence-corrected chi connectivity index (χ3v) is 2.87. The van der Waals surface area contributed by atoms with Crippen molar-refractivity contribution in [3.05, 3.63) is 35.4 Å². The van der Waals surface area contributed by atoms with Crippen molar-refractivity contribution < 1.29 is 5.11 Å². The van der Waals surface area contributed by atoms with Gasteiger partial charge >= 0.3 is 0 Å². The van der Waals surface area contributed by atoms with Crippen molar-refractivity contribution in [3.8, 4) is 11.8 Å². The average molecular weight is 259 g/mol. The molecule has 0 atom stereocenters. The quantitative estimate of drug-likeness (QED) is 0.794. The molecule has 2 heteroatoms. The van der Waals surface area contributed by atoms with Crippen LogP contribution >= 0.6 is 0 Å². The maximum atomic E-state index is 8.72. The van der Waals surface area contributed by atoms with Crippen LogP contribution in [0.2, 0.25) is 0 Å². The molecule has 2 nitrogen and oxygen atoms in total. The van der Waals surface area contributed by atoms with E-state index in [0.717, 1.165) is 25.2 Å². The Morgan fingerprint density at radius 1 is 1.32 bits per heavy atom. The van der Waals surface area contributed by atoms with Crippen molar-refractivity contribution in [1.82, 2.24) is 4.90 Å². The van der Waals surface area contributed by atoms with Crippen LogP contribution in [0, 0.1) is 17.8 Å². The van der Waals surface area contributed by atoms with Crippen molar-refractivity contribution in [2.75, 3.05) is 19.7 Å². The van der Waals surface area contributed by atoms with Gasteiger partial charge in [0.1, 0.15) is 0 Å². The van der Waals surface area contributed by atoms with E-state index in [9.17, 15) is 0 Å². The molecule has 19 heavy (non-hydrogen) atoms. The number of aliphatic hydroxyl groups excluding tert-OH is 1. The van der Waals surface area contributed by atoms with E-state index in [1.165, 1.54) is 5.56 Å². The molecule has 0 aliphatic rings. The molecule has 1 aromatic carbocycles. The van der Waals surface area contributed by atoms with Gasteiger partial charge in [0.2, 0.25) is 0 Å². The average Bonchev–Trinajstić information content (AvgIpc) is 2.38. The summed E-state index contributed by atoms with van der Waals surface area (Å²) in [6.45, 7) is 10.00. The third-order valence-electron chi connectivity index (χ3n) is 2.87. The molecule has 0 aliphatic carbocycles. The largest absolute Gasteiger partial charge is 0.395 e. The molecule has 1 N–H and O–H groups in total. The van der Waals surface area contributed by atoms with Crippen LogP contribution in [-0.4, -0.2) is 29.7 Å². The molecular formula is C17H25NO. The molecule has 0 unspecified atom stereocenters. The minimum absolute atomic E-state index is 0.130. The number of benzene rings is 1. The fourth-order valence-electron chi connectivity index (χ4n) is 2.05. The van der Waals surface area contributed by atoms with E-state index in [1.807, 2.05) is 6.07 Å². The fourth-order valence-corrected chi connectivity index (χ4v) is 2.05. The van der Waals surface area contributed by atoms with Gasteiger partial charge in [-0.25, -0.2) is 0 Å². The zero-order valence-corrected chi connectivity index (χ0v) is 12.3. The molecule has 0 saturated heterocycles. The first-order valence-electron chi connectivity index (χ1n) is 7.06. The highest BCUT2D eigenvalue weighted by Crippen LogP contribution is 2.09. The van der Waals surface area contributed by atoms with Crippen LogP contribution in [0.1, 0.15) is 38.3 Å². The van der Waals surface area contributed by atoms with Gasteiger partial charge in [0, 0.05) is 25.1 Å². The van der Waals surface area contributed by atoms with Crippen LogP contribution in [0.5, 0.6) is 0 Å². The van der Waals surface area contributed by atoms with Crippen LogP contribution in [0.25, 0.3) is 0 Å². The highest BCUT2D eigenvalue weighted by Gasteiger charge is 2.06. The van der Waals surface area contributed by atoms with Crippen molar-refractivity contribution in [2.45, 2.75) is 33.7 Å². The van der Waals surface area contributed by atoms with E-state index in [1.54, 1.807) is 0 Å². The molecule has 0 fully saturated rings. The molecule has 0 bridgehead atoms. The Bertz CT molecular complexity index is 428. The van der Waals surface area contributed by atoms with Gasteiger partial charge < -0.3 is 5.11 Å². The van der Waals surface area contributed by atoms with Crippen LogP contribution in [0.15, 0.2) is 24.3 Å². The van der Waals surface area contributed by atoms with Gasteiger partial charge in [0.15, 0.2) is 0 Å². The lowest BCUT2D eigenvalue weighted by Gasteiger charge is -2.22. The number of nitrogens with zero attached hydrogens (tertiary/aromatic N) is 1. The van der Waals surface area contributed by atoms with Crippen LogP contribution in [0.3, 0.4) is 0 Å². The van der Waals surface area contributed by atoms with Gasteiger partial charge in [-0.05, 0) is 30.2 Å². The summed E-state index contributed by atoms with van der Waals surface area (Å²) in [7, 11) is 0. The van der Waals surface area contributed by atoms with E-state index in [4.69, 9.17) is 5.11 Å². The van der Waals surface area contributed by atoms with Gasteiger partial charge in [-0.1, -0.05) is 44.7 Å². The lowest BCUT2D eigenvalue weighted by atomic mass is 10.1. The minimum atomic E-state index is 0.130. The molecule has 1 rings (SSSR count). The molecule has 0 aromatic heterocycles. The van der Waals surface area contributed by atoms with Crippen molar-refractivity contribution >= 4 is 0 Å². The van der Waals surface area contributed by atoms with Gasteiger partial charge in [-0.3, -0.25) is 4.90 Å². The molecule has 0 aliphatic heterocycles. The Kier molecular flexibility index (Phi) is 7.25. The van der Waals surface area contributed by atoms with Crippen molar-refractivity contribution in [2.24, 2.45) is 5.92 Å². The molecule has 104 valence electrons. The first-order chi connectivity index (χ1) is 9.15. The summed E-state index contributed by atoms with van der Waals surface area (Å²) in [5, 5.41) is 8.72. The summed E-state index contributed by atoms with van der Waals surface area (Å²) in [6, 6.07) is 8.38. The van der Waals surface area contributed by atoms with E-state index in [0.29, 0.717) is 12.3 Å².